The van der Waals surface area contributed by atoms with Crippen LogP contribution in [-0.4, -0.2) is 48.1 Å². The maximum atomic E-state index is 14.9. The van der Waals surface area contributed by atoms with Crippen molar-refractivity contribution in [1.82, 2.24) is 0 Å². The summed E-state index contributed by atoms with van der Waals surface area (Å²) in [4.78, 5) is 0. The predicted octanol–water partition coefficient (Wildman–Crippen LogP) is 16.0. The smallest absolute Gasteiger partial charge is 0.460 e. The van der Waals surface area contributed by atoms with Crippen molar-refractivity contribution in [2.45, 2.75) is 171 Å². The summed E-state index contributed by atoms with van der Waals surface area (Å²) < 4.78 is 187. The molecule has 0 fully saturated rings. The molecule has 3 unspecified atom stereocenters. The molecule has 2 rings (SSSR count). The summed E-state index contributed by atoms with van der Waals surface area (Å²) >= 11 is 0.575. The summed E-state index contributed by atoms with van der Waals surface area (Å²) in [5.41, 5.74) is 2.60. The van der Waals surface area contributed by atoms with Crippen LogP contribution in [0.4, 0.5) is 57.1 Å². The van der Waals surface area contributed by atoms with Crippen molar-refractivity contribution in [3.8, 4) is 5.75 Å². The number of unbranched alkanes of at least 4 members (excludes halogenated alkanes) is 9. The lowest BCUT2D eigenvalue weighted by atomic mass is 9.87. The van der Waals surface area contributed by atoms with Crippen molar-refractivity contribution in [2.24, 2.45) is 0 Å². The van der Waals surface area contributed by atoms with Gasteiger partial charge in [0.1, 0.15) is 5.75 Å². The fourth-order valence-electron chi connectivity index (χ4n) is 6.19. The van der Waals surface area contributed by atoms with Crippen molar-refractivity contribution in [3.63, 3.8) is 0 Å². The Morgan fingerprint density at radius 3 is 1.54 bits per heavy atom. The average Bonchev–Trinajstić information content (AvgIpc) is 3.14. The number of rotatable bonds is 26. The van der Waals surface area contributed by atoms with Crippen molar-refractivity contribution >= 4 is 11.8 Å². The Labute approximate surface area is 326 Å². The second-order valence-corrected chi connectivity index (χ2v) is 15.8. The Balaban J connectivity index is 2.49. The van der Waals surface area contributed by atoms with Gasteiger partial charge in [-0.15, -0.1) is 11.8 Å². The molecule has 0 spiro atoms. The van der Waals surface area contributed by atoms with Crippen LogP contribution in [0.3, 0.4) is 0 Å². The number of benzene rings is 2. The molecule has 0 saturated heterocycles. The predicted molar refractivity (Wildman–Crippen MR) is 197 cm³/mol. The van der Waals surface area contributed by atoms with Gasteiger partial charge in [0, 0.05) is 17.7 Å². The van der Waals surface area contributed by atoms with Crippen LogP contribution >= 0.6 is 11.8 Å². The molecular formula is C41H55F13OS. The minimum absolute atomic E-state index is 0.00393. The molecule has 0 saturated carbocycles. The van der Waals surface area contributed by atoms with Gasteiger partial charge >= 0.3 is 35.8 Å². The third kappa shape index (κ3) is 11.7. The van der Waals surface area contributed by atoms with Gasteiger partial charge in [-0.05, 0) is 47.8 Å². The molecule has 0 aromatic heterocycles. The summed E-state index contributed by atoms with van der Waals surface area (Å²) in [6.07, 6.45) is 2.43. The normalized spacial score (nSPS) is 15.2. The maximum Gasteiger partial charge on any atom is 0.460 e. The van der Waals surface area contributed by atoms with Gasteiger partial charge in [-0.2, -0.15) is 57.1 Å². The van der Waals surface area contributed by atoms with Crippen LogP contribution in [0.15, 0.2) is 42.5 Å². The first-order chi connectivity index (χ1) is 26.0. The molecule has 15 heteroatoms. The van der Waals surface area contributed by atoms with Crippen LogP contribution in [-0.2, 0) is 0 Å². The van der Waals surface area contributed by atoms with Crippen LogP contribution in [0, 0.1) is 0 Å². The zero-order chi connectivity index (χ0) is 42.6. The monoisotopic (exact) mass is 842 g/mol. The van der Waals surface area contributed by atoms with E-state index in [1.165, 1.54) is 32.1 Å². The maximum absolute atomic E-state index is 14.9. The van der Waals surface area contributed by atoms with E-state index in [0.717, 1.165) is 36.8 Å². The lowest BCUT2D eigenvalue weighted by molar-refractivity contribution is -0.439. The van der Waals surface area contributed by atoms with Crippen LogP contribution in [0.1, 0.15) is 157 Å². The second-order valence-electron chi connectivity index (χ2n) is 14.6. The molecule has 56 heavy (non-hydrogen) atoms. The molecule has 0 aliphatic heterocycles. The van der Waals surface area contributed by atoms with Gasteiger partial charge in [-0.1, -0.05) is 135 Å². The average molecular weight is 843 g/mol. The summed E-state index contributed by atoms with van der Waals surface area (Å²) in [6, 6.07) is 11.9. The van der Waals surface area contributed by atoms with E-state index < -0.39 is 53.2 Å². The highest BCUT2D eigenvalue weighted by molar-refractivity contribution is 7.99. The van der Waals surface area contributed by atoms with Crippen LogP contribution < -0.4 is 4.74 Å². The summed E-state index contributed by atoms with van der Waals surface area (Å²) in [6.45, 7) is 10.3. The van der Waals surface area contributed by atoms with Gasteiger partial charge in [0.2, 0.25) is 0 Å². The van der Waals surface area contributed by atoms with Crippen molar-refractivity contribution < 1.29 is 61.8 Å². The zero-order valence-corrected chi connectivity index (χ0v) is 33.4. The molecule has 0 amide bonds. The quantitative estimate of drug-likeness (QED) is 0.0689. The number of alkyl halides is 13. The van der Waals surface area contributed by atoms with Gasteiger partial charge < -0.3 is 4.74 Å². The van der Waals surface area contributed by atoms with Gasteiger partial charge in [-0.3, -0.25) is 0 Å². The molecule has 0 N–H and O–H groups in total. The second kappa shape index (κ2) is 21.1. The number of ether oxygens (including phenoxy) is 1. The van der Waals surface area contributed by atoms with Gasteiger partial charge in [0.25, 0.3) is 0 Å². The van der Waals surface area contributed by atoms with E-state index in [-0.39, 0.29) is 18.4 Å². The first-order valence-corrected chi connectivity index (χ1v) is 20.4. The third-order valence-electron chi connectivity index (χ3n) is 10.3. The molecule has 2 aromatic carbocycles. The van der Waals surface area contributed by atoms with Crippen LogP contribution in [0.25, 0.3) is 0 Å². The first-order valence-electron chi connectivity index (χ1n) is 19.4. The molecule has 2 aromatic rings. The van der Waals surface area contributed by atoms with Gasteiger partial charge in [0.15, 0.2) is 0 Å². The van der Waals surface area contributed by atoms with Crippen molar-refractivity contribution in [2.75, 3.05) is 12.4 Å². The molecule has 0 radical (unpaired) electrons. The minimum atomic E-state index is -7.92. The summed E-state index contributed by atoms with van der Waals surface area (Å²) in [7, 11) is 0. The Bertz CT molecular complexity index is 1450. The SMILES string of the molecule is CCCCCCCCCCCCOc1c(C(C)CC)cc(C(C)CC)cc1C(SCCC(F)(F)C(F)(F)C(F)(F)C(F)(F)C(F)(F)C(F)(F)F)c1ccccc1. The molecule has 0 aliphatic rings. The van der Waals surface area contributed by atoms with Crippen LogP contribution in [0.5, 0.6) is 5.75 Å². The molecule has 0 aliphatic carbocycles. The van der Waals surface area contributed by atoms with E-state index in [1.807, 2.05) is 33.8 Å². The Kier molecular flexibility index (Phi) is 18.8. The van der Waals surface area contributed by atoms with Crippen LogP contribution in [0.2, 0.25) is 0 Å². The topological polar surface area (TPSA) is 9.23 Å². The highest BCUT2D eigenvalue weighted by Crippen LogP contribution is 2.61. The molecule has 3 atom stereocenters. The zero-order valence-electron chi connectivity index (χ0n) is 32.6. The van der Waals surface area contributed by atoms with E-state index in [9.17, 15) is 57.1 Å². The van der Waals surface area contributed by atoms with E-state index in [4.69, 9.17) is 4.74 Å². The third-order valence-corrected chi connectivity index (χ3v) is 11.6. The van der Waals surface area contributed by atoms with Gasteiger partial charge in [0.05, 0.1) is 11.9 Å². The number of hydrogen-bond donors (Lipinski definition) is 0. The molecule has 322 valence electrons. The lowest BCUT2D eigenvalue weighted by Crippen LogP contribution is -2.70. The fourth-order valence-corrected chi connectivity index (χ4v) is 7.50. The first kappa shape index (κ1) is 49.8. The minimum Gasteiger partial charge on any atom is -0.493 e. The molecule has 1 nitrogen and oxygen atoms in total. The standard InChI is InChI=1S/C41H55F13OS/c1-6-9-10-11-12-13-14-15-16-20-24-55-34-32(29(5)8-3)26-31(28(4)7-2)27-33(34)35(30-21-18-17-19-22-30)56-25-23-36(42,43)37(44,45)38(46,47)39(48,49)40(50,51)41(52,53)54/h17-19,21-22,26-29,35H,6-16,20,23-25H2,1-5H3. The van der Waals surface area contributed by atoms with Gasteiger partial charge in [-0.25, -0.2) is 0 Å². The summed E-state index contributed by atoms with van der Waals surface area (Å²) in [5, 5.41) is -0.966. The summed E-state index contributed by atoms with van der Waals surface area (Å²) in [5.74, 6) is -37.7. The van der Waals surface area contributed by atoms with Crippen molar-refractivity contribution in [3.05, 3.63) is 64.7 Å². The Morgan fingerprint density at radius 2 is 1.04 bits per heavy atom. The Morgan fingerprint density at radius 1 is 0.554 bits per heavy atom. The highest BCUT2D eigenvalue weighted by atomic mass is 32.2. The number of halogens is 13. The molecule has 0 heterocycles. The number of thioether (sulfide) groups is 1. The van der Waals surface area contributed by atoms with E-state index in [1.54, 1.807) is 36.4 Å². The Hall–Kier alpha value is -2.32. The number of hydrogen-bond acceptors (Lipinski definition) is 2. The van der Waals surface area contributed by atoms with Crippen molar-refractivity contribution in [1.29, 1.82) is 0 Å². The fraction of sp³-hybridized carbons (Fsp3) is 0.707. The van der Waals surface area contributed by atoms with E-state index in [0.29, 0.717) is 47.9 Å². The molecule has 0 bridgehead atoms. The van der Waals surface area contributed by atoms with E-state index in [2.05, 4.69) is 6.92 Å². The highest BCUT2D eigenvalue weighted by Gasteiger charge is 2.90. The lowest BCUT2D eigenvalue weighted by Gasteiger charge is -2.39. The largest absolute Gasteiger partial charge is 0.493 e. The van der Waals surface area contributed by atoms with E-state index >= 15 is 0 Å². The molecular weight excluding hydrogens is 787 g/mol.